The number of hydrogen-bond acceptors (Lipinski definition) is 1. The topological polar surface area (TPSA) is 28.1 Å². The van der Waals surface area contributed by atoms with Crippen molar-refractivity contribution in [1.82, 2.24) is 4.98 Å². The van der Waals surface area contributed by atoms with Gasteiger partial charge in [0.05, 0.1) is 22.3 Å². The van der Waals surface area contributed by atoms with Crippen LogP contribution in [0.3, 0.4) is 0 Å². The minimum atomic E-state index is -0.591. The summed E-state index contributed by atoms with van der Waals surface area (Å²) in [5, 5.41) is 2.44. The molecule has 0 spiro atoms. The standard InChI is InChI=1S/C33H26N2/c1-3-5-16-24(4-2)33(25-17-10-7-11-18-25)30-29(35-32(33)23-14-8-6-9-15-23)22-21-27-26-19-12-13-20-28(26)34-31(27)30/h3-22,34H,1H2,2H3/b16-5-,24-4+. The number of H-pyrrole nitrogens is 1. The van der Waals surface area contributed by atoms with Gasteiger partial charge in [0.15, 0.2) is 0 Å². The Morgan fingerprint density at radius 3 is 2.29 bits per heavy atom. The van der Waals surface area contributed by atoms with Crippen molar-refractivity contribution in [2.45, 2.75) is 12.3 Å². The molecule has 0 aliphatic carbocycles. The van der Waals surface area contributed by atoms with Crippen LogP contribution in [-0.2, 0) is 5.41 Å². The molecule has 5 aromatic rings. The number of aliphatic imine (C=N–C) groups is 1. The number of benzene rings is 4. The maximum absolute atomic E-state index is 5.35. The molecule has 1 aromatic heterocycles. The van der Waals surface area contributed by atoms with Gasteiger partial charge < -0.3 is 4.98 Å². The lowest BCUT2D eigenvalue weighted by molar-refractivity contribution is 0.853. The van der Waals surface area contributed by atoms with Crippen LogP contribution in [0, 0.1) is 0 Å². The summed E-state index contributed by atoms with van der Waals surface area (Å²) in [7, 11) is 0. The molecule has 0 saturated heterocycles. The Bertz CT molecular complexity index is 1650. The second-order valence-corrected chi connectivity index (χ2v) is 8.83. The normalized spacial score (nSPS) is 17.7. The lowest BCUT2D eigenvalue weighted by atomic mass is 9.64. The summed E-state index contributed by atoms with van der Waals surface area (Å²) < 4.78 is 0. The average Bonchev–Trinajstić information content (AvgIpc) is 3.47. The van der Waals surface area contributed by atoms with Crippen LogP contribution >= 0.6 is 0 Å². The van der Waals surface area contributed by atoms with Gasteiger partial charge in [-0.05, 0) is 35.8 Å². The molecule has 6 rings (SSSR count). The molecule has 168 valence electrons. The summed E-state index contributed by atoms with van der Waals surface area (Å²) in [6.45, 7) is 6.05. The fraction of sp³-hybridized carbons (Fsp3) is 0.0606. The zero-order valence-corrected chi connectivity index (χ0v) is 19.7. The van der Waals surface area contributed by atoms with Gasteiger partial charge in [0.25, 0.3) is 0 Å². The minimum Gasteiger partial charge on any atom is -0.354 e. The van der Waals surface area contributed by atoms with Gasteiger partial charge in [-0.2, -0.15) is 0 Å². The molecule has 0 radical (unpaired) electrons. The van der Waals surface area contributed by atoms with Crippen LogP contribution < -0.4 is 0 Å². The van der Waals surface area contributed by atoms with Crippen molar-refractivity contribution in [3.05, 3.63) is 150 Å². The van der Waals surface area contributed by atoms with Gasteiger partial charge >= 0.3 is 0 Å². The highest BCUT2D eigenvalue weighted by molar-refractivity contribution is 6.21. The van der Waals surface area contributed by atoms with Gasteiger partial charge in [0.1, 0.15) is 0 Å². The second-order valence-electron chi connectivity index (χ2n) is 8.83. The molecule has 0 bridgehead atoms. The number of allylic oxidation sites excluding steroid dienone is 5. The number of aromatic amines is 1. The van der Waals surface area contributed by atoms with Gasteiger partial charge in [-0.25, -0.2) is 0 Å². The average molecular weight is 451 g/mol. The molecular formula is C33H26N2. The number of hydrogen-bond donors (Lipinski definition) is 1. The van der Waals surface area contributed by atoms with Crippen molar-refractivity contribution in [2.75, 3.05) is 0 Å². The molecule has 0 saturated carbocycles. The van der Waals surface area contributed by atoms with E-state index in [0.717, 1.165) is 33.6 Å². The van der Waals surface area contributed by atoms with E-state index in [1.807, 2.05) is 12.2 Å². The van der Waals surface area contributed by atoms with E-state index >= 15 is 0 Å². The third-order valence-corrected chi connectivity index (χ3v) is 7.03. The monoisotopic (exact) mass is 450 g/mol. The Kier molecular flexibility index (Phi) is 5.08. The van der Waals surface area contributed by atoms with E-state index in [2.05, 4.69) is 128 Å². The molecule has 1 atom stereocenters. The van der Waals surface area contributed by atoms with Crippen molar-refractivity contribution in [2.24, 2.45) is 4.99 Å². The Morgan fingerprint density at radius 1 is 0.829 bits per heavy atom. The van der Waals surface area contributed by atoms with Crippen LogP contribution in [-0.4, -0.2) is 10.7 Å². The first kappa shape index (κ1) is 21.1. The summed E-state index contributed by atoms with van der Waals surface area (Å²) in [4.78, 5) is 9.11. The van der Waals surface area contributed by atoms with Gasteiger partial charge in [-0.3, -0.25) is 4.99 Å². The van der Waals surface area contributed by atoms with E-state index in [1.54, 1.807) is 0 Å². The Morgan fingerprint density at radius 2 is 1.54 bits per heavy atom. The van der Waals surface area contributed by atoms with Gasteiger partial charge in [-0.1, -0.05) is 116 Å². The Balaban J connectivity index is 1.81. The van der Waals surface area contributed by atoms with Crippen LogP contribution in [0.4, 0.5) is 5.69 Å². The first-order valence-electron chi connectivity index (χ1n) is 12.0. The predicted octanol–water partition coefficient (Wildman–Crippen LogP) is 8.43. The zero-order chi connectivity index (χ0) is 23.8. The predicted molar refractivity (Wildman–Crippen MR) is 149 cm³/mol. The quantitative estimate of drug-likeness (QED) is 0.260. The number of fused-ring (bicyclic) bond motifs is 5. The van der Waals surface area contributed by atoms with Crippen molar-refractivity contribution in [1.29, 1.82) is 0 Å². The van der Waals surface area contributed by atoms with Gasteiger partial charge in [-0.15, -0.1) is 0 Å². The molecule has 4 aromatic carbocycles. The first-order valence-corrected chi connectivity index (χ1v) is 12.0. The van der Waals surface area contributed by atoms with E-state index in [1.165, 1.54) is 21.9 Å². The van der Waals surface area contributed by atoms with Gasteiger partial charge in [0, 0.05) is 21.9 Å². The van der Waals surface area contributed by atoms with Crippen LogP contribution in [0.25, 0.3) is 21.8 Å². The summed E-state index contributed by atoms with van der Waals surface area (Å²) in [5.41, 5.74) is 8.37. The molecule has 1 aliphatic rings. The van der Waals surface area contributed by atoms with E-state index in [4.69, 9.17) is 4.99 Å². The molecule has 1 unspecified atom stereocenters. The van der Waals surface area contributed by atoms with Crippen molar-refractivity contribution in [3.63, 3.8) is 0 Å². The number of rotatable bonds is 5. The second kappa shape index (κ2) is 8.41. The molecule has 2 heteroatoms. The molecule has 1 aliphatic heterocycles. The SMILES string of the molecule is C=C/C=C\C(=C/C)C1(c2ccccc2)C(c2ccccc2)=Nc2ccc3c([nH]c4ccccc43)c21. The summed E-state index contributed by atoms with van der Waals surface area (Å²) in [6, 6.07) is 34.2. The summed E-state index contributed by atoms with van der Waals surface area (Å²) >= 11 is 0. The summed E-state index contributed by atoms with van der Waals surface area (Å²) in [5.74, 6) is 0. The smallest absolute Gasteiger partial charge is 0.0918 e. The lowest BCUT2D eigenvalue weighted by Gasteiger charge is -2.35. The highest BCUT2D eigenvalue weighted by Gasteiger charge is 2.49. The highest BCUT2D eigenvalue weighted by atomic mass is 14.9. The van der Waals surface area contributed by atoms with Crippen molar-refractivity contribution in [3.8, 4) is 0 Å². The van der Waals surface area contributed by atoms with E-state index < -0.39 is 5.41 Å². The number of nitrogens with zero attached hydrogens (tertiary/aromatic N) is 1. The van der Waals surface area contributed by atoms with Gasteiger partial charge in [0.2, 0.25) is 0 Å². The molecule has 1 N–H and O–H groups in total. The van der Waals surface area contributed by atoms with Crippen molar-refractivity contribution >= 4 is 33.2 Å². The zero-order valence-electron chi connectivity index (χ0n) is 19.7. The van der Waals surface area contributed by atoms with E-state index in [-0.39, 0.29) is 0 Å². The van der Waals surface area contributed by atoms with Crippen molar-refractivity contribution < 1.29 is 0 Å². The Labute approximate surface area is 205 Å². The van der Waals surface area contributed by atoms with E-state index in [9.17, 15) is 0 Å². The highest BCUT2D eigenvalue weighted by Crippen LogP contribution is 2.54. The van der Waals surface area contributed by atoms with E-state index in [0.29, 0.717) is 0 Å². The van der Waals surface area contributed by atoms with Crippen LogP contribution in [0.5, 0.6) is 0 Å². The van der Waals surface area contributed by atoms with Crippen LogP contribution in [0.1, 0.15) is 23.6 Å². The van der Waals surface area contributed by atoms with Crippen LogP contribution in [0.15, 0.2) is 139 Å². The minimum absolute atomic E-state index is 0.591. The number of aromatic nitrogens is 1. The molecule has 2 nitrogen and oxygen atoms in total. The fourth-order valence-electron chi connectivity index (χ4n) is 5.61. The molecule has 0 fully saturated rings. The maximum atomic E-state index is 5.35. The van der Waals surface area contributed by atoms with Crippen LogP contribution in [0.2, 0.25) is 0 Å². The maximum Gasteiger partial charge on any atom is 0.0918 e. The molecule has 35 heavy (non-hydrogen) atoms. The fourth-order valence-corrected chi connectivity index (χ4v) is 5.61. The molecular weight excluding hydrogens is 424 g/mol. The lowest BCUT2D eigenvalue weighted by Crippen LogP contribution is -2.37. The Hall–Kier alpha value is -4.43. The summed E-state index contributed by atoms with van der Waals surface area (Å²) in [6.07, 6.45) is 8.24. The third-order valence-electron chi connectivity index (χ3n) is 7.03. The first-order chi connectivity index (χ1) is 17.3. The largest absolute Gasteiger partial charge is 0.354 e. The third kappa shape index (κ3) is 3.07. The number of nitrogens with one attached hydrogen (secondary N) is 1. The number of para-hydroxylation sites is 1. The molecule has 2 heterocycles. The molecule has 0 amide bonds.